The van der Waals surface area contributed by atoms with Crippen LogP contribution in [0.1, 0.15) is 31.4 Å². The number of ether oxygens (including phenoxy) is 2. The van der Waals surface area contributed by atoms with E-state index in [1.807, 2.05) is 20.0 Å². The Morgan fingerprint density at radius 3 is 2.89 bits per heavy atom. The molecule has 1 unspecified atom stereocenters. The van der Waals surface area contributed by atoms with Crippen LogP contribution in [0.15, 0.2) is 23.2 Å². The van der Waals surface area contributed by atoms with Gasteiger partial charge in [0.15, 0.2) is 5.96 Å². The van der Waals surface area contributed by atoms with E-state index in [1.165, 1.54) is 0 Å². The van der Waals surface area contributed by atoms with Crippen LogP contribution in [-0.4, -0.2) is 70.1 Å². The van der Waals surface area contributed by atoms with E-state index in [0.29, 0.717) is 12.0 Å². The van der Waals surface area contributed by atoms with Crippen LogP contribution in [-0.2, 0) is 9.47 Å². The minimum atomic E-state index is 0.450. The van der Waals surface area contributed by atoms with Crippen molar-refractivity contribution in [3.8, 4) is 0 Å². The number of piperidine rings is 1. The molecule has 7 heteroatoms. The molecule has 0 aromatic carbocycles. The van der Waals surface area contributed by atoms with Gasteiger partial charge in [-0.2, -0.15) is 0 Å². The van der Waals surface area contributed by atoms with E-state index in [2.05, 4.69) is 37.6 Å². The van der Waals surface area contributed by atoms with E-state index in [0.717, 1.165) is 89.2 Å². The predicted octanol–water partition coefficient (Wildman–Crippen LogP) is 1.97. The molecule has 7 nitrogen and oxygen atoms in total. The van der Waals surface area contributed by atoms with Crippen LogP contribution >= 0.6 is 0 Å². The zero-order valence-electron chi connectivity index (χ0n) is 17.3. The Kier molecular flexibility index (Phi) is 8.36. The number of anilines is 1. The van der Waals surface area contributed by atoms with Crippen LogP contribution in [0, 0.1) is 12.8 Å². The molecule has 0 saturated carbocycles. The summed E-state index contributed by atoms with van der Waals surface area (Å²) in [5.74, 6) is 2.56. The van der Waals surface area contributed by atoms with Gasteiger partial charge >= 0.3 is 0 Å². The van der Waals surface area contributed by atoms with Crippen molar-refractivity contribution < 1.29 is 9.47 Å². The van der Waals surface area contributed by atoms with E-state index in [9.17, 15) is 0 Å². The summed E-state index contributed by atoms with van der Waals surface area (Å²) in [5, 5.41) is 6.96. The van der Waals surface area contributed by atoms with Crippen molar-refractivity contribution in [2.24, 2.45) is 10.9 Å². The number of guanidine groups is 1. The lowest BCUT2D eigenvalue weighted by molar-refractivity contribution is 0.0888. The maximum atomic E-state index is 5.75. The number of aliphatic imine (C=N–C) groups is 1. The van der Waals surface area contributed by atoms with Crippen LogP contribution in [0.5, 0.6) is 0 Å². The zero-order chi connectivity index (χ0) is 19.6. The maximum absolute atomic E-state index is 5.75. The van der Waals surface area contributed by atoms with Crippen molar-refractivity contribution in [1.82, 2.24) is 15.6 Å². The zero-order valence-corrected chi connectivity index (χ0v) is 17.3. The van der Waals surface area contributed by atoms with Gasteiger partial charge in [0.1, 0.15) is 5.82 Å². The SMILES string of the molecule is CN=C(NCCCOCC1CCOC1)NC1CCN(c2cccc(C)n2)CC1. The molecule has 1 atom stereocenters. The van der Waals surface area contributed by atoms with Crippen molar-refractivity contribution in [1.29, 1.82) is 0 Å². The Hall–Kier alpha value is -1.86. The van der Waals surface area contributed by atoms with Crippen molar-refractivity contribution >= 4 is 11.8 Å². The lowest BCUT2D eigenvalue weighted by Crippen LogP contribution is -2.49. The van der Waals surface area contributed by atoms with Gasteiger partial charge in [0.25, 0.3) is 0 Å². The third-order valence-corrected chi connectivity index (χ3v) is 5.39. The second-order valence-electron chi connectivity index (χ2n) is 7.70. The molecule has 3 heterocycles. The summed E-state index contributed by atoms with van der Waals surface area (Å²) in [6.45, 7) is 8.29. The Morgan fingerprint density at radius 2 is 2.18 bits per heavy atom. The van der Waals surface area contributed by atoms with Crippen molar-refractivity contribution in [3.05, 3.63) is 23.9 Å². The van der Waals surface area contributed by atoms with Crippen LogP contribution in [0.4, 0.5) is 5.82 Å². The number of rotatable bonds is 8. The Bertz CT molecular complexity index is 611. The fourth-order valence-corrected chi connectivity index (χ4v) is 3.69. The molecule has 156 valence electrons. The third kappa shape index (κ3) is 6.63. The molecule has 0 radical (unpaired) electrons. The van der Waals surface area contributed by atoms with Crippen molar-refractivity contribution in [3.63, 3.8) is 0 Å². The number of pyridine rings is 1. The molecule has 3 rings (SSSR count). The molecule has 0 bridgehead atoms. The van der Waals surface area contributed by atoms with Gasteiger partial charge in [0, 0.05) is 57.5 Å². The fraction of sp³-hybridized carbons (Fsp3) is 0.714. The summed E-state index contributed by atoms with van der Waals surface area (Å²) < 4.78 is 11.1. The minimum Gasteiger partial charge on any atom is -0.381 e. The first-order valence-corrected chi connectivity index (χ1v) is 10.6. The second kappa shape index (κ2) is 11.2. The van der Waals surface area contributed by atoms with E-state index in [1.54, 1.807) is 0 Å². The highest BCUT2D eigenvalue weighted by atomic mass is 16.5. The summed E-state index contributed by atoms with van der Waals surface area (Å²) in [6, 6.07) is 6.68. The highest BCUT2D eigenvalue weighted by Crippen LogP contribution is 2.18. The minimum absolute atomic E-state index is 0.450. The quantitative estimate of drug-likeness (QED) is 0.402. The Labute approximate surface area is 168 Å². The summed E-state index contributed by atoms with van der Waals surface area (Å²) in [5.41, 5.74) is 1.07. The fourth-order valence-electron chi connectivity index (χ4n) is 3.69. The number of hydrogen-bond donors (Lipinski definition) is 2. The average molecular weight is 390 g/mol. The van der Waals surface area contributed by atoms with Gasteiger partial charge in [-0.1, -0.05) is 6.07 Å². The molecule has 1 aromatic heterocycles. The molecular weight excluding hydrogens is 354 g/mol. The molecule has 0 amide bonds. The van der Waals surface area contributed by atoms with Crippen LogP contribution < -0.4 is 15.5 Å². The molecular formula is C21H35N5O2. The summed E-state index contributed by atoms with van der Waals surface area (Å²) in [6.07, 6.45) is 4.28. The third-order valence-electron chi connectivity index (χ3n) is 5.39. The van der Waals surface area contributed by atoms with Gasteiger partial charge in [-0.3, -0.25) is 4.99 Å². The molecule has 2 N–H and O–H groups in total. The number of aromatic nitrogens is 1. The Morgan fingerprint density at radius 1 is 1.32 bits per heavy atom. The molecule has 0 aliphatic carbocycles. The van der Waals surface area contributed by atoms with Gasteiger partial charge < -0.3 is 25.0 Å². The smallest absolute Gasteiger partial charge is 0.191 e. The van der Waals surface area contributed by atoms with E-state index in [-0.39, 0.29) is 0 Å². The number of nitrogens with zero attached hydrogens (tertiary/aromatic N) is 3. The normalized spacial score (nSPS) is 21.1. The van der Waals surface area contributed by atoms with Crippen LogP contribution in [0.2, 0.25) is 0 Å². The molecule has 1 aromatic rings. The number of hydrogen-bond acceptors (Lipinski definition) is 5. The summed E-state index contributed by atoms with van der Waals surface area (Å²) in [7, 11) is 1.83. The first-order chi connectivity index (χ1) is 13.7. The lowest BCUT2D eigenvalue weighted by atomic mass is 10.1. The molecule has 2 saturated heterocycles. The molecule has 2 fully saturated rings. The van der Waals surface area contributed by atoms with E-state index >= 15 is 0 Å². The van der Waals surface area contributed by atoms with Crippen molar-refractivity contribution in [2.75, 3.05) is 58.0 Å². The molecule has 0 spiro atoms. The first kappa shape index (κ1) is 20.9. The van der Waals surface area contributed by atoms with Gasteiger partial charge in [-0.15, -0.1) is 0 Å². The maximum Gasteiger partial charge on any atom is 0.191 e. The summed E-state index contributed by atoms with van der Waals surface area (Å²) in [4.78, 5) is 11.4. The first-order valence-electron chi connectivity index (χ1n) is 10.6. The second-order valence-corrected chi connectivity index (χ2v) is 7.70. The van der Waals surface area contributed by atoms with Crippen LogP contribution in [0.3, 0.4) is 0 Å². The van der Waals surface area contributed by atoms with Gasteiger partial charge in [0.05, 0.1) is 13.2 Å². The standard InChI is InChI=1S/C21H35N5O2/c1-17-5-3-6-20(24-17)26-11-7-19(8-12-26)25-21(22-2)23-10-4-13-27-15-18-9-14-28-16-18/h3,5-6,18-19H,4,7-16H2,1-2H3,(H2,22,23,25). The highest BCUT2D eigenvalue weighted by molar-refractivity contribution is 5.79. The molecule has 2 aliphatic heterocycles. The highest BCUT2D eigenvalue weighted by Gasteiger charge is 2.21. The van der Waals surface area contributed by atoms with Gasteiger partial charge in [0.2, 0.25) is 0 Å². The number of nitrogens with one attached hydrogen (secondary N) is 2. The van der Waals surface area contributed by atoms with Gasteiger partial charge in [-0.25, -0.2) is 4.98 Å². The number of aryl methyl sites for hydroxylation is 1. The van der Waals surface area contributed by atoms with Crippen molar-refractivity contribution in [2.45, 2.75) is 38.6 Å². The molecule has 2 aliphatic rings. The lowest BCUT2D eigenvalue weighted by Gasteiger charge is -2.34. The predicted molar refractivity (Wildman–Crippen MR) is 113 cm³/mol. The molecule has 28 heavy (non-hydrogen) atoms. The Balaban J connectivity index is 1.28. The largest absolute Gasteiger partial charge is 0.381 e. The van der Waals surface area contributed by atoms with E-state index < -0.39 is 0 Å². The van der Waals surface area contributed by atoms with Crippen LogP contribution in [0.25, 0.3) is 0 Å². The topological polar surface area (TPSA) is 71.0 Å². The summed E-state index contributed by atoms with van der Waals surface area (Å²) >= 11 is 0. The van der Waals surface area contributed by atoms with E-state index in [4.69, 9.17) is 9.47 Å². The van der Waals surface area contributed by atoms with Gasteiger partial charge in [-0.05, 0) is 44.7 Å². The monoisotopic (exact) mass is 389 g/mol. The average Bonchev–Trinajstić information content (AvgIpc) is 3.23.